The van der Waals surface area contributed by atoms with E-state index in [1.54, 1.807) is 24.3 Å². The minimum absolute atomic E-state index is 0.0318. The van der Waals surface area contributed by atoms with Crippen LogP contribution < -0.4 is 5.56 Å². The lowest BCUT2D eigenvalue weighted by Crippen LogP contribution is -2.34. The lowest BCUT2D eigenvalue weighted by Gasteiger charge is -2.19. The zero-order valence-corrected chi connectivity index (χ0v) is 13.7. The number of fused-ring (bicyclic) bond motifs is 1. The number of halogens is 3. The molecule has 1 aliphatic heterocycles. The molecule has 1 aromatic heterocycles. The fraction of sp³-hybridized carbons (Fsp3) is 0.353. The summed E-state index contributed by atoms with van der Waals surface area (Å²) in [5.41, 5.74) is -0.0474. The Kier molecular flexibility index (Phi) is 4.25. The van der Waals surface area contributed by atoms with Crippen LogP contribution in [-0.2, 0) is 11.8 Å². The van der Waals surface area contributed by atoms with E-state index in [-0.39, 0.29) is 5.56 Å². The molecule has 1 saturated heterocycles. The summed E-state index contributed by atoms with van der Waals surface area (Å²) in [6.07, 6.45) is -4.73. The summed E-state index contributed by atoms with van der Waals surface area (Å²) in [7, 11) is 1.52. The van der Waals surface area contributed by atoms with Gasteiger partial charge >= 0.3 is 12.1 Å². The Balaban J connectivity index is 2.03. The largest absolute Gasteiger partial charge is 0.481 e. The lowest BCUT2D eigenvalue weighted by atomic mass is 9.96. The van der Waals surface area contributed by atoms with Gasteiger partial charge in [0.25, 0.3) is 11.5 Å². The van der Waals surface area contributed by atoms with Crippen molar-refractivity contribution in [3.8, 4) is 0 Å². The number of aliphatic carboxylic acids is 1. The first kappa shape index (κ1) is 18.0. The average molecular weight is 368 g/mol. The van der Waals surface area contributed by atoms with Gasteiger partial charge in [-0.1, -0.05) is 18.2 Å². The summed E-state index contributed by atoms with van der Waals surface area (Å²) in [5, 5.41) is 9.50. The Labute approximate surface area is 145 Å². The highest BCUT2D eigenvalue weighted by atomic mass is 19.4. The summed E-state index contributed by atoms with van der Waals surface area (Å²) in [6, 6.07) is 7.60. The van der Waals surface area contributed by atoms with E-state index >= 15 is 0 Å². The predicted molar refractivity (Wildman–Crippen MR) is 85.8 cm³/mol. The molecule has 6 nitrogen and oxygen atoms in total. The van der Waals surface area contributed by atoms with Crippen molar-refractivity contribution in [1.29, 1.82) is 0 Å². The van der Waals surface area contributed by atoms with Crippen molar-refractivity contribution in [2.45, 2.75) is 6.18 Å². The highest BCUT2D eigenvalue weighted by Gasteiger charge is 2.53. The van der Waals surface area contributed by atoms with Gasteiger partial charge in [0.2, 0.25) is 0 Å². The maximum Gasteiger partial charge on any atom is 0.394 e. The molecule has 2 aromatic rings. The Morgan fingerprint density at radius 3 is 2.42 bits per heavy atom. The highest BCUT2D eigenvalue weighted by Crippen LogP contribution is 2.38. The van der Waals surface area contributed by atoms with Crippen LogP contribution in [0.25, 0.3) is 10.9 Å². The van der Waals surface area contributed by atoms with Gasteiger partial charge in [0, 0.05) is 31.6 Å². The van der Waals surface area contributed by atoms with Crippen LogP contribution in [0.2, 0.25) is 0 Å². The summed E-state index contributed by atoms with van der Waals surface area (Å²) < 4.78 is 40.7. The van der Waals surface area contributed by atoms with Crippen molar-refractivity contribution in [1.82, 2.24) is 9.47 Å². The molecule has 2 atom stereocenters. The van der Waals surface area contributed by atoms with E-state index in [0.29, 0.717) is 10.9 Å². The number of benzene rings is 1. The Morgan fingerprint density at radius 1 is 1.19 bits per heavy atom. The van der Waals surface area contributed by atoms with E-state index < -0.39 is 48.5 Å². The van der Waals surface area contributed by atoms with Crippen molar-refractivity contribution in [2.24, 2.45) is 18.9 Å². The first-order valence-electron chi connectivity index (χ1n) is 7.79. The first-order valence-corrected chi connectivity index (χ1v) is 7.79. The summed E-state index contributed by atoms with van der Waals surface area (Å²) >= 11 is 0. The van der Waals surface area contributed by atoms with Crippen LogP contribution in [0, 0.1) is 11.8 Å². The smallest absolute Gasteiger partial charge is 0.394 e. The third-order valence-electron chi connectivity index (χ3n) is 4.73. The maximum atomic E-state index is 13.1. The SMILES string of the molecule is Cn1c(=O)cc(C(=O)N2C[C@@H](C(F)(F)F)[C@H](C(=O)O)C2)c2ccccc21. The number of pyridine rings is 1. The molecule has 0 unspecified atom stereocenters. The molecule has 1 fully saturated rings. The van der Waals surface area contributed by atoms with Crippen molar-refractivity contribution >= 4 is 22.8 Å². The van der Waals surface area contributed by atoms with Gasteiger partial charge in [-0.25, -0.2) is 0 Å². The molecular weight excluding hydrogens is 353 g/mol. The zero-order valence-electron chi connectivity index (χ0n) is 13.7. The number of carbonyl (C=O) groups is 2. The Morgan fingerprint density at radius 2 is 1.85 bits per heavy atom. The number of hydrogen-bond donors (Lipinski definition) is 1. The van der Waals surface area contributed by atoms with Crippen molar-refractivity contribution in [2.75, 3.05) is 13.1 Å². The second kappa shape index (κ2) is 6.15. The molecule has 26 heavy (non-hydrogen) atoms. The molecule has 1 amide bonds. The fourth-order valence-electron chi connectivity index (χ4n) is 3.31. The van der Waals surface area contributed by atoms with Gasteiger partial charge in [-0.05, 0) is 6.07 Å². The van der Waals surface area contributed by atoms with E-state index in [2.05, 4.69) is 0 Å². The van der Waals surface area contributed by atoms with Crippen LogP contribution in [0.3, 0.4) is 0 Å². The Hall–Kier alpha value is -2.84. The van der Waals surface area contributed by atoms with E-state index in [4.69, 9.17) is 5.11 Å². The molecule has 1 N–H and O–H groups in total. The number of carboxylic acid groups (broad SMARTS) is 1. The number of nitrogens with zero attached hydrogens (tertiary/aromatic N) is 2. The molecule has 138 valence electrons. The molecule has 3 rings (SSSR count). The van der Waals surface area contributed by atoms with E-state index in [1.807, 2.05) is 0 Å². The van der Waals surface area contributed by atoms with Crippen LogP contribution in [0.1, 0.15) is 10.4 Å². The quantitative estimate of drug-likeness (QED) is 0.878. The van der Waals surface area contributed by atoms with Crippen molar-refractivity contribution < 1.29 is 27.9 Å². The molecule has 0 radical (unpaired) electrons. The molecule has 9 heteroatoms. The van der Waals surface area contributed by atoms with Crippen LogP contribution >= 0.6 is 0 Å². The second-order valence-corrected chi connectivity index (χ2v) is 6.28. The standard InChI is InChI=1S/C17H15F3N2O4/c1-21-13-5-3-2-4-9(13)10(6-14(21)23)15(24)22-7-11(16(25)26)12(8-22)17(18,19)20/h2-6,11-12H,7-8H2,1H3,(H,25,26)/t11-,12-/m1/s1. The molecule has 0 spiro atoms. The predicted octanol–water partition coefficient (Wildman–Crippen LogP) is 1.87. The molecule has 1 aliphatic rings. The van der Waals surface area contributed by atoms with Crippen LogP contribution in [-0.4, -0.2) is 45.7 Å². The van der Waals surface area contributed by atoms with Gasteiger partial charge in [-0.15, -0.1) is 0 Å². The number of alkyl halides is 3. The van der Waals surface area contributed by atoms with Crippen molar-refractivity contribution in [3.63, 3.8) is 0 Å². The monoisotopic (exact) mass is 368 g/mol. The van der Waals surface area contributed by atoms with E-state index in [9.17, 15) is 27.6 Å². The number of carbonyl (C=O) groups excluding carboxylic acids is 1. The molecule has 0 saturated carbocycles. The third kappa shape index (κ3) is 2.93. The summed E-state index contributed by atoms with van der Waals surface area (Å²) in [4.78, 5) is 36.9. The third-order valence-corrected chi connectivity index (χ3v) is 4.73. The molecule has 2 heterocycles. The molecule has 0 aliphatic carbocycles. The number of aryl methyl sites for hydroxylation is 1. The van der Waals surface area contributed by atoms with Crippen LogP contribution in [0.4, 0.5) is 13.2 Å². The van der Waals surface area contributed by atoms with E-state index in [0.717, 1.165) is 11.0 Å². The number of likely N-dealkylation sites (tertiary alicyclic amines) is 1. The number of carboxylic acids is 1. The zero-order chi connectivity index (χ0) is 19.2. The summed E-state index contributed by atoms with van der Waals surface area (Å²) in [6.45, 7) is -1.30. The number of para-hydroxylation sites is 1. The number of hydrogen-bond acceptors (Lipinski definition) is 3. The number of rotatable bonds is 2. The Bertz CT molecular complexity index is 951. The van der Waals surface area contributed by atoms with Crippen LogP contribution in [0.15, 0.2) is 35.1 Å². The first-order chi connectivity index (χ1) is 12.1. The van der Waals surface area contributed by atoms with Gasteiger partial charge < -0.3 is 14.6 Å². The second-order valence-electron chi connectivity index (χ2n) is 6.28. The van der Waals surface area contributed by atoms with Gasteiger partial charge in [-0.3, -0.25) is 14.4 Å². The average Bonchev–Trinajstić information content (AvgIpc) is 3.03. The molecular formula is C17H15F3N2O4. The lowest BCUT2D eigenvalue weighted by molar-refractivity contribution is -0.187. The number of aromatic nitrogens is 1. The summed E-state index contributed by atoms with van der Waals surface area (Å²) in [5.74, 6) is -6.24. The van der Waals surface area contributed by atoms with Gasteiger partial charge in [0.05, 0.1) is 22.9 Å². The van der Waals surface area contributed by atoms with Gasteiger partial charge in [0.1, 0.15) is 0 Å². The number of amides is 1. The maximum absolute atomic E-state index is 13.1. The van der Waals surface area contributed by atoms with Crippen molar-refractivity contribution in [3.05, 3.63) is 46.2 Å². The highest BCUT2D eigenvalue weighted by molar-refractivity contribution is 6.06. The van der Waals surface area contributed by atoms with E-state index in [1.165, 1.54) is 11.6 Å². The topological polar surface area (TPSA) is 79.6 Å². The van der Waals surface area contributed by atoms with Gasteiger partial charge in [-0.2, -0.15) is 13.2 Å². The van der Waals surface area contributed by atoms with Crippen LogP contribution in [0.5, 0.6) is 0 Å². The normalized spacial score (nSPS) is 20.5. The fourth-order valence-corrected chi connectivity index (χ4v) is 3.31. The van der Waals surface area contributed by atoms with Gasteiger partial charge in [0.15, 0.2) is 0 Å². The molecule has 1 aromatic carbocycles. The molecule has 0 bridgehead atoms. The minimum atomic E-state index is -4.73. The minimum Gasteiger partial charge on any atom is -0.481 e.